The van der Waals surface area contributed by atoms with Crippen LogP contribution in [0.4, 0.5) is 5.69 Å². The average molecular weight is 347 g/mol. The zero-order valence-corrected chi connectivity index (χ0v) is 14.5. The molecular weight excluding hydrogens is 324 g/mol. The number of para-hydroxylation sites is 1. The molecule has 2 aromatic rings. The molecule has 0 bridgehead atoms. The minimum atomic E-state index is -0.531. The van der Waals surface area contributed by atoms with Crippen LogP contribution in [-0.2, 0) is 11.2 Å². The van der Waals surface area contributed by atoms with Crippen molar-refractivity contribution >= 4 is 24.0 Å². The monoisotopic (exact) mass is 346 g/mol. The molecule has 2 aromatic carbocycles. The van der Waals surface area contributed by atoms with E-state index in [1.807, 2.05) is 48.5 Å². The number of nitrogen functional groups attached to an aromatic ring is 1. The molecular formula is C19H23ClN2O2. The van der Waals surface area contributed by atoms with Crippen molar-refractivity contribution in [3.8, 4) is 5.75 Å². The standard InChI is InChI=1S/C19H22N2O2.ClH/c1-13(23-16-7-3-2-4-8-16)19(22)21-18-9-5-6-14-12-15(20)10-11-17(14)18;/h2-4,7-8,10-13,18H,5-6,9,20H2,1H3,(H,21,22);1H. The van der Waals surface area contributed by atoms with Crippen LogP contribution in [0.1, 0.15) is 36.9 Å². The maximum absolute atomic E-state index is 12.4. The van der Waals surface area contributed by atoms with Crippen molar-refractivity contribution in [2.24, 2.45) is 0 Å². The average Bonchev–Trinajstić information content (AvgIpc) is 2.55. The first kappa shape index (κ1) is 18.1. The number of ether oxygens (including phenoxy) is 1. The van der Waals surface area contributed by atoms with Gasteiger partial charge in [0.1, 0.15) is 5.75 Å². The number of amides is 1. The van der Waals surface area contributed by atoms with Gasteiger partial charge in [0.25, 0.3) is 5.91 Å². The third kappa shape index (κ3) is 4.20. The van der Waals surface area contributed by atoms with E-state index >= 15 is 0 Å². The van der Waals surface area contributed by atoms with Crippen molar-refractivity contribution in [1.29, 1.82) is 0 Å². The number of hydrogen-bond donors (Lipinski definition) is 2. The molecule has 0 radical (unpaired) electrons. The molecule has 2 atom stereocenters. The Kier molecular flexibility index (Phi) is 6.10. The summed E-state index contributed by atoms with van der Waals surface area (Å²) in [5.74, 6) is 0.607. The first-order chi connectivity index (χ1) is 11.1. The summed E-state index contributed by atoms with van der Waals surface area (Å²) in [6.07, 6.45) is 2.48. The number of nitrogens with one attached hydrogen (secondary N) is 1. The largest absolute Gasteiger partial charge is 0.481 e. The van der Waals surface area contributed by atoms with Crippen molar-refractivity contribution in [2.45, 2.75) is 38.3 Å². The molecule has 2 unspecified atom stereocenters. The van der Waals surface area contributed by atoms with Crippen LogP contribution in [-0.4, -0.2) is 12.0 Å². The molecule has 0 saturated heterocycles. The van der Waals surface area contributed by atoms with Gasteiger partial charge in [-0.1, -0.05) is 24.3 Å². The summed E-state index contributed by atoms with van der Waals surface area (Å²) in [5.41, 5.74) is 9.04. The van der Waals surface area contributed by atoms with Crippen molar-refractivity contribution in [2.75, 3.05) is 5.73 Å². The highest BCUT2D eigenvalue weighted by Gasteiger charge is 2.24. The molecule has 1 aliphatic carbocycles. The molecule has 0 spiro atoms. The van der Waals surface area contributed by atoms with E-state index in [1.54, 1.807) is 6.92 Å². The molecule has 0 aliphatic heterocycles. The Morgan fingerprint density at radius 3 is 2.75 bits per heavy atom. The molecule has 0 fully saturated rings. The summed E-state index contributed by atoms with van der Waals surface area (Å²) >= 11 is 0. The number of aryl methyl sites for hydroxylation is 1. The number of fused-ring (bicyclic) bond motifs is 1. The molecule has 0 aromatic heterocycles. The zero-order chi connectivity index (χ0) is 16.2. The molecule has 3 N–H and O–H groups in total. The quantitative estimate of drug-likeness (QED) is 0.830. The minimum Gasteiger partial charge on any atom is -0.481 e. The Morgan fingerprint density at radius 2 is 2.00 bits per heavy atom. The number of halogens is 1. The summed E-state index contributed by atoms with van der Waals surface area (Å²) in [7, 11) is 0. The molecule has 3 rings (SSSR count). The van der Waals surface area contributed by atoms with Gasteiger partial charge in [0.15, 0.2) is 6.10 Å². The number of nitrogens with two attached hydrogens (primary N) is 1. The Bertz CT molecular complexity index is 691. The van der Waals surface area contributed by atoms with Crippen molar-refractivity contribution < 1.29 is 9.53 Å². The van der Waals surface area contributed by atoms with Gasteiger partial charge >= 0.3 is 0 Å². The summed E-state index contributed by atoms with van der Waals surface area (Å²) in [4.78, 5) is 12.4. The first-order valence-corrected chi connectivity index (χ1v) is 8.04. The second kappa shape index (κ2) is 8.06. The van der Waals surface area contributed by atoms with E-state index < -0.39 is 6.10 Å². The van der Waals surface area contributed by atoms with Crippen molar-refractivity contribution in [1.82, 2.24) is 5.32 Å². The third-order valence-electron chi connectivity index (χ3n) is 4.22. The summed E-state index contributed by atoms with van der Waals surface area (Å²) in [5, 5.41) is 3.11. The number of anilines is 1. The molecule has 5 heteroatoms. The van der Waals surface area contributed by atoms with E-state index in [0.29, 0.717) is 5.75 Å². The van der Waals surface area contributed by atoms with Crippen molar-refractivity contribution in [3.63, 3.8) is 0 Å². The predicted molar refractivity (Wildman–Crippen MR) is 98.5 cm³/mol. The zero-order valence-electron chi connectivity index (χ0n) is 13.7. The number of carbonyl (C=O) groups is 1. The van der Waals surface area contributed by atoms with Crippen LogP contribution in [0.15, 0.2) is 48.5 Å². The van der Waals surface area contributed by atoms with Crippen LogP contribution in [0.25, 0.3) is 0 Å². The normalized spacial score (nSPS) is 17.1. The molecule has 4 nitrogen and oxygen atoms in total. The second-order valence-corrected chi connectivity index (χ2v) is 5.98. The smallest absolute Gasteiger partial charge is 0.261 e. The Morgan fingerprint density at radius 1 is 1.25 bits per heavy atom. The SMILES string of the molecule is CC(Oc1ccccc1)C(=O)NC1CCCc2cc(N)ccc21.Cl. The molecule has 1 aliphatic rings. The van der Waals surface area contributed by atoms with E-state index in [9.17, 15) is 4.79 Å². The molecule has 128 valence electrons. The molecule has 1 amide bonds. The topological polar surface area (TPSA) is 64.3 Å². The van der Waals surface area contributed by atoms with E-state index in [1.165, 1.54) is 11.1 Å². The highest BCUT2D eigenvalue weighted by Crippen LogP contribution is 2.31. The summed E-state index contributed by atoms with van der Waals surface area (Å²) in [6.45, 7) is 1.77. The van der Waals surface area contributed by atoms with Crippen LogP contribution in [0, 0.1) is 0 Å². The van der Waals surface area contributed by atoms with Crippen LogP contribution in [0.5, 0.6) is 5.75 Å². The maximum Gasteiger partial charge on any atom is 0.261 e. The number of carbonyl (C=O) groups excluding carboxylic acids is 1. The van der Waals surface area contributed by atoms with Gasteiger partial charge in [-0.2, -0.15) is 0 Å². The fraction of sp³-hybridized carbons (Fsp3) is 0.316. The van der Waals surface area contributed by atoms with Gasteiger partial charge in [-0.25, -0.2) is 0 Å². The second-order valence-electron chi connectivity index (χ2n) is 5.98. The number of benzene rings is 2. The van der Waals surface area contributed by atoms with Gasteiger partial charge in [-0.3, -0.25) is 4.79 Å². The molecule has 0 saturated carbocycles. The lowest BCUT2D eigenvalue weighted by Gasteiger charge is -2.28. The predicted octanol–water partition coefficient (Wildman–Crippen LogP) is 3.65. The van der Waals surface area contributed by atoms with E-state index in [-0.39, 0.29) is 24.4 Å². The van der Waals surface area contributed by atoms with Crippen LogP contribution in [0.3, 0.4) is 0 Å². The fourth-order valence-electron chi connectivity index (χ4n) is 3.03. The summed E-state index contributed by atoms with van der Waals surface area (Å²) < 4.78 is 5.69. The maximum atomic E-state index is 12.4. The Balaban J connectivity index is 0.00000208. The lowest BCUT2D eigenvalue weighted by molar-refractivity contribution is -0.128. The van der Waals surface area contributed by atoms with E-state index in [0.717, 1.165) is 24.9 Å². The van der Waals surface area contributed by atoms with Crippen LogP contribution < -0.4 is 15.8 Å². The highest BCUT2D eigenvalue weighted by molar-refractivity contribution is 5.85. The minimum absolute atomic E-state index is 0. The highest BCUT2D eigenvalue weighted by atomic mass is 35.5. The van der Waals surface area contributed by atoms with Gasteiger partial charge in [0.2, 0.25) is 0 Å². The van der Waals surface area contributed by atoms with Gasteiger partial charge in [0, 0.05) is 5.69 Å². The van der Waals surface area contributed by atoms with Gasteiger partial charge in [-0.05, 0) is 61.6 Å². The molecule has 24 heavy (non-hydrogen) atoms. The molecule has 0 heterocycles. The summed E-state index contributed by atoms with van der Waals surface area (Å²) in [6, 6.07) is 15.4. The Labute approximate surface area is 148 Å². The lowest BCUT2D eigenvalue weighted by atomic mass is 9.87. The lowest BCUT2D eigenvalue weighted by Crippen LogP contribution is -2.39. The van der Waals surface area contributed by atoms with Crippen molar-refractivity contribution in [3.05, 3.63) is 59.7 Å². The third-order valence-corrected chi connectivity index (χ3v) is 4.22. The van der Waals surface area contributed by atoms with Crippen LogP contribution in [0.2, 0.25) is 0 Å². The number of hydrogen-bond acceptors (Lipinski definition) is 3. The van der Waals surface area contributed by atoms with Gasteiger partial charge in [0.05, 0.1) is 6.04 Å². The van der Waals surface area contributed by atoms with Gasteiger partial charge < -0.3 is 15.8 Å². The first-order valence-electron chi connectivity index (χ1n) is 8.04. The fourth-order valence-corrected chi connectivity index (χ4v) is 3.03. The number of rotatable bonds is 4. The van der Waals surface area contributed by atoms with E-state index in [4.69, 9.17) is 10.5 Å². The van der Waals surface area contributed by atoms with E-state index in [2.05, 4.69) is 5.32 Å². The van der Waals surface area contributed by atoms with Gasteiger partial charge in [-0.15, -0.1) is 12.4 Å². The van der Waals surface area contributed by atoms with Crippen LogP contribution >= 0.6 is 12.4 Å². The Hall–Kier alpha value is -2.20.